The Morgan fingerprint density at radius 3 is 3.00 bits per heavy atom. The zero-order valence-corrected chi connectivity index (χ0v) is 11.8. The van der Waals surface area contributed by atoms with Crippen LogP contribution in [0.2, 0.25) is 5.15 Å². The predicted molar refractivity (Wildman–Crippen MR) is 71.8 cm³/mol. The van der Waals surface area contributed by atoms with E-state index in [0.29, 0.717) is 5.15 Å². The van der Waals surface area contributed by atoms with Crippen LogP contribution in [0.5, 0.6) is 0 Å². The molecule has 2 N–H and O–H groups in total. The number of nitrogens with zero attached hydrogens (tertiary/aromatic N) is 4. The Kier molecular flexibility index (Phi) is 4.62. The SMILES string of the molecule is Cc1nn(C)c(Cl)c1CNCCSc1cn[nH]n1. The largest absolute Gasteiger partial charge is 0.312 e. The van der Waals surface area contributed by atoms with Crippen LogP contribution in [0, 0.1) is 6.92 Å². The molecule has 0 fully saturated rings. The van der Waals surface area contributed by atoms with Crippen molar-refractivity contribution in [1.29, 1.82) is 0 Å². The minimum Gasteiger partial charge on any atom is -0.312 e. The van der Waals surface area contributed by atoms with Crippen molar-refractivity contribution in [2.75, 3.05) is 12.3 Å². The highest BCUT2D eigenvalue weighted by Crippen LogP contribution is 2.18. The highest BCUT2D eigenvalue weighted by Gasteiger charge is 2.10. The summed E-state index contributed by atoms with van der Waals surface area (Å²) in [6, 6.07) is 0. The first kappa shape index (κ1) is 13.4. The lowest BCUT2D eigenvalue weighted by atomic mass is 10.2. The standard InChI is InChI=1S/C10H15ClN6S/c1-7-8(10(11)17(2)15-7)5-12-3-4-18-9-6-13-16-14-9/h6,12H,3-5H2,1-2H3,(H,13,14,16). The molecule has 0 saturated carbocycles. The molecule has 2 aromatic heterocycles. The summed E-state index contributed by atoms with van der Waals surface area (Å²) in [5, 5.41) is 19.5. The van der Waals surface area contributed by atoms with Gasteiger partial charge in [0.15, 0.2) is 0 Å². The summed E-state index contributed by atoms with van der Waals surface area (Å²) in [6.45, 7) is 3.58. The van der Waals surface area contributed by atoms with Crippen molar-refractivity contribution in [2.24, 2.45) is 7.05 Å². The Balaban J connectivity index is 1.72. The normalized spacial score (nSPS) is 11.1. The number of rotatable bonds is 6. The van der Waals surface area contributed by atoms with Crippen molar-refractivity contribution in [1.82, 2.24) is 30.5 Å². The first-order valence-corrected chi connectivity index (χ1v) is 6.92. The predicted octanol–water partition coefficient (Wildman–Crippen LogP) is 1.38. The van der Waals surface area contributed by atoms with Crippen LogP contribution >= 0.6 is 23.4 Å². The van der Waals surface area contributed by atoms with E-state index < -0.39 is 0 Å². The van der Waals surface area contributed by atoms with Crippen LogP contribution in [0.1, 0.15) is 11.3 Å². The Morgan fingerprint density at radius 1 is 1.56 bits per heavy atom. The smallest absolute Gasteiger partial charge is 0.138 e. The molecule has 2 rings (SSSR count). The van der Waals surface area contributed by atoms with Crippen molar-refractivity contribution >= 4 is 23.4 Å². The van der Waals surface area contributed by atoms with Crippen molar-refractivity contribution in [2.45, 2.75) is 18.5 Å². The van der Waals surface area contributed by atoms with Crippen LogP contribution in [0.15, 0.2) is 11.2 Å². The highest BCUT2D eigenvalue weighted by molar-refractivity contribution is 7.99. The van der Waals surface area contributed by atoms with Gasteiger partial charge in [-0.2, -0.15) is 15.4 Å². The zero-order chi connectivity index (χ0) is 13.0. The lowest BCUT2D eigenvalue weighted by Gasteiger charge is -2.03. The van der Waals surface area contributed by atoms with Crippen LogP contribution in [0.4, 0.5) is 0 Å². The van der Waals surface area contributed by atoms with E-state index in [9.17, 15) is 0 Å². The molecule has 2 aromatic rings. The number of thioether (sulfide) groups is 1. The summed E-state index contributed by atoms with van der Waals surface area (Å²) in [5.74, 6) is 0.934. The number of aryl methyl sites for hydroxylation is 2. The first-order valence-electron chi connectivity index (χ1n) is 5.55. The number of nitrogens with one attached hydrogen (secondary N) is 2. The van der Waals surface area contributed by atoms with Crippen molar-refractivity contribution in [3.63, 3.8) is 0 Å². The average molecular weight is 287 g/mol. The van der Waals surface area contributed by atoms with Gasteiger partial charge in [0.2, 0.25) is 0 Å². The molecule has 6 nitrogen and oxygen atoms in total. The molecule has 0 aliphatic heterocycles. The molecule has 0 aliphatic carbocycles. The summed E-state index contributed by atoms with van der Waals surface area (Å²) in [7, 11) is 1.85. The van der Waals surface area contributed by atoms with E-state index >= 15 is 0 Å². The molecule has 0 radical (unpaired) electrons. The molecule has 8 heteroatoms. The van der Waals surface area contributed by atoms with Crippen molar-refractivity contribution in [3.05, 3.63) is 22.6 Å². The minimum atomic E-state index is 0.698. The lowest BCUT2D eigenvalue weighted by molar-refractivity contribution is 0.727. The highest BCUT2D eigenvalue weighted by atomic mass is 35.5. The topological polar surface area (TPSA) is 71.4 Å². The van der Waals surface area contributed by atoms with Gasteiger partial charge < -0.3 is 5.32 Å². The fraction of sp³-hybridized carbons (Fsp3) is 0.500. The van der Waals surface area contributed by atoms with Gasteiger partial charge in [-0.15, -0.1) is 16.9 Å². The van der Waals surface area contributed by atoms with Gasteiger partial charge in [0.25, 0.3) is 0 Å². The molecule has 0 aliphatic rings. The Morgan fingerprint density at radius 2 is 2.39 bits per heavy atom. The number of hydrogen-bond acceptors (Lipinski definition) is 5. The van der Waals surface area contributed by atoms with Crippen molar-refractivity contribution < 1.29 is 0 Å². The van der Waals surface area contributed by atoms with Gasteiger partial charge in [0.1, 0.15) is 10.2 Å². The number of aromatic amines is 1. The molecule has 2 heterocycles. The first-order chi connectivity index (χ1) is 8.68. The number of H-pyrrole nitrogens is 1. The minimum absolute atomic E-state index is 0.698. The molecule has 0 atom stereocenters. The third-order valence-electron chi connectivity index (χ3n) is 2.49. The maximum atomic E-state index is 6.14. The van der Waals surface area contributed by atoms with Gasteiger partial charge >= 0.3 is 0 Å². The number of aromatic nitrogens is 5. The quantitative estimate of drug-likeness (QED) is 0.620. The molecule has 0 aromatic carbocycles. The van der Waals surface area contributed by atoms with E-state index in [1.807, 2.05) is 14.0 Å². The summed E-state index contributed by atoms with van der Waals surface area (Å²) in [6.07, 6.45) is 1.72. The average Bonchev–Trinajstić information content (AvgIpc) is 2.92. The number of halogens is 1. The van der Waals surface area contributed by atoms with Crippen LogP contribution in [0.3, 0.4) is 0 Å². The second kappa shape index (κ2) is 6.21. The van der Waals surface area contributed by atoms with Crippen LogP contribution in [-0.2, 0) is 13.6 Å². The second-order valence-corrected chi connectivity index (χ2v) is 5.29. The van der Waals surface area contributed by atoms with Gasteiger partial charge in [0.05, 0.1) is 11.9 Å². The van der Waals surface area contributed by atoms with Crippen LogP contribution in [0.25, 0.3) is 0 Å². The molecular weight excluding hydrogens is 272 g/mol. The molecule has 0 amide bonds. The zero-order valence-electron chi connectivity index (χ0n) is 10.3. The molecule has 98 valence electrons. The maximum Gasteiger partial charge on any atom is 0.138 e. The third-order valence-corrected chi connectivity index (χ3v) is 3.87. The summed E-state index contributed by atoms with van der Waals surface area (Å²) in [4.78, 5) is 0. The summed E-state index contributed by atoms with van der Waals surface area (Å²) >= 11 is 7.80. The summed E-state index contributed by atoms with van der Waals surface area (Å²) < 4.78 is 1.69. The van der Waals surface area contributed by atoms with E-state index in [1.165, 1.54) is 0 Å². The molecule has 0 saturated heterocycles. The van der Waals surface area contributed by atoms with Gasteiger partial charge in [-0.3, -0.25) is 4.68 Å². The van der Waals surface area contributed by atoms with E-state index in [0.717, 1.165) is 35.1 Å². The van der Waals surface area contributed by atoms with Gasteiger partial charge in [-0.05, 0) is 6.92 Å². The van der Waals surface area contributed by atoms with Gasteiger partial charge in [0, 0.05) is 31.5 Å². The van der Waals surface area contributed by atoms with E-state index in [-0.39, 0.29) is 0 Å². The molecule has 0 bridgehead atoms. The lowest BCUT2D eigenvalue weighted by Crippen LogP contribution is -2.17. The maximum absolute atomic E-state index is 6.14. The van der Waals surface area contributed by atoms with Crippen molar-refractivity contribution in [3.8, 4) is 0 Å². The molecular formula is C10H15ClN6S. The molecule has 0 unspecified atom stereocenters. The van der Waals surface area contributed by atoms with E-state index in [4.69, 9.17) is 11.6 Å². The van der Waals surface area contributed by atoms with Gasteiger partial charge in [-0.1, -0.05) is 11.6 Å². The second-order valence-electron chi connectivity index (χ2n) is 3.81. The third kappa shape index (κ3) is 3.24. The fourth-order valence-electron chi connectivity index (χ4n) is 1.58. The van der Waals surface area contributed by atoms with E-state index in [2.05, 4.69) is 25.8 Å². The van der Waals surface area contributed by atoms with Crippen LogP contribution < -0.4 is 5.32 Å². The Bertz CT molecular complexity index is 495. The molecule has 0 spiro atoms. The molecule has 18 heavy (non-hydrogen) atoms. The monoisotopic (exact) mass is 286 g/mol. The van der Waals surface area contributed by atoms with Gasteiger partial charge in [-0.25, -0.2) is 0 Å². The summed E-state index contributed by atoms with van der Waals surface area (Å²) in [5.41, 5.74) is 2.03. The Labute approximate surface area is 114 Å². The number of hydrogen-bond donors (Lipinski definition) is 2. The fourth-order valence-corrected chi connectivity index (χ4v) is 2.51. The van der Waals surface area contributed by atoms with Crippen LogP contribution in [-0.4, -0.2) is 37.5 Å². The van der Waals surface area contributed by atoms with E-state index in [1.54, 1.807) is 22.6 Å². The Hall–Kier alpha value is -1.05.